The van der Waals surface area contributed by atoms with Gasteiger partial charge in [-0.1, -0.05) is 12.1 Å². The van der Waals surface area contributed by atoms with Crippen LogP contribution in [0, 0.1) is 11.6 Å². The fraction of sp³-hybridized carbons (Fsp3) is 0.190. The Balaban J connectivity index is 1.80. The van der Waals surface area contributed by atoms with Crippen LogP contribution in [0.3, 0.4) is 0 Å². The number of nitrogens with zero attached hydrogens (tertiary/aromatic N) is 3. The number of carbonyl (C=O) groups is 2. The number of amides is 3. The molecule has 3 amide bonds. The van der Waals surface area contributed by atoms with Crippen molar-refractivity contribution in [3.05, 3.63) is 70.9 Å². The van der Waals surface area contributed by atoms with E-state index in [2.05, 4.69) is 10.4 Å². The largest absolute Gasteiger partial charge is 0.416 e. The van der Waals surface area contributed by atoms with Gasteiger partial charge in [-0.15, -0.1) is 0 Å². The predicted octanol–water partition coefficient (Wildman–Crippen LogP) is 3.99. The van der Waals surface area contributed by atoms with Gasteiger partial charge in [-0.3, -0.25) is 9.48 Å². The van der Waals surface area contributed by atoms with E-state index in [1.54, 1.807) is 0 Å². The minimum absolute atomic E-state index is 0.0284. The third-order valence-corrected chi connectivity index (χ3v) is 5.16. The summed E-state index contributed by atoms with van der Waals surface area (Å²) in [6.45, 7) is 0.257. The number of hydrogen-bond acceptors (Lipinski definition) is 3. The van der Waals surface area contributed by atoms with Gasteiger partial charge in [0, 0.05) is 12.1 Å². The highest BCUT2D eigenvalue weighted by Gasteiger charge is 2.33. The maximum atomic E-state index is 14.2. The highest BCUT2D eigenvalue weighted by atomic mass is 19.4. The number of anilines is 1. The van der Waals surface area contributed by atoms with Crippen LogP contribution in [0.2, 0.25) is 0 Å². The van der Waals surface area contributed by atoms with Gasteiger partial charge in [0.05, 0.1) is 35.6 Å². The Bertz CT molecular complexity index is 1250. The first-order valence-electron chi connectivity index (χ1n) is 9.62. The van der Waals surface area contributed by atoms with Gasteiger partial charge in [-0.05, 0) is 30.3 Å². The molecule has 0 fully saturated rings. The minimum atomic E-state index is -4.75. The number of nitrogens with one attached hydrogen (secondary N) is 1. The summed E-state index contributed by atoms with van der Waals surface area (Å²) in [5.74, 6) is -2.66. The molecule has 3 N–H and O–H groups in total. The molecular weight excluding hydrogens is 449 g/mol. The summed E-state index contributed by atoms with van der Waals surface area (Å²) in [5.41, 5.74) is 3.84. The zero-order valence-corrected chi connectivity index (χ0v) is 16.8. The summed E-state index contributed by atoms with van der Waals surface area (Å²) < 4.78 is 68.6. The minimum Gasteiger partial charge on any atom is -0.351 e. The highest BCUT2D eigenvalue weighted by Crippen LogP contribution is 2.33. The molecule has 0 atom stereocenters. The summed E-state index contributed by atoms with van der Waals surface area (Å²) in [7, 11) is 0. The molecular formula is C21H16F5N5O2. The molecule has 1 aromatic heterocycles. The molecule has 4 rings (SSSR count). The lowest BCUT2D eigenvalue weighted by molar-refractivity contribution is -0.137. The number of benzene rings is 2. The van der Waals surface area contributed by atoms with Crippen molar-refractivity contribution in [2.45, 2.75) is 19.3 Å². The number of primary amides is 1. The first-order valence-corrected chi connectivity index (χ1v) is 9.62. The van der Waals surface area contributed by atoms with Crippen LogP contribution in [0.1, 0.15) is 21.6 Å². The van der Waals surface area contributed by atoms with Crippen LogP contribution in [0.4, 0.5) is 32.4 Å². The lowest BCUT2D eigenvalue weighted by atomic mass is 10.0. The SMILES string of the molecule is NC(=O)N1CCn2nc(-c3cccc(F)c3)c(C(=O)Nc3cc(C(F)(F)F)ccc3F)c2C1. The summed E-state index contributed by atoms with van der Waals surface area (Å²) in [4.78, 5) is 26.1. The Kier molecular flexibility index (Phi) is 5.52. The zero-order chi connectivity index (χ0) is 23.9. The van der Waals surface area contributed by atoms with E-state index < -0.39 is 41.0 Å². The number of halogens is 5. The number of alkyl halides is 3. The van der Waals surface area contributed by atoms with E-state index in [0.29, 0.717) is 18.2 Å². The lowest BCUT2D eigenvalue weighted by Gasteiger charge is -2.26. The first-order chi connectivity index (χ1) is 15.5. The second-order valence-corrected chi connectivity index (χ2v) is 7.31. The van der Waals surface area contributed by atoms with Gasteiger partial charge in [0.1, 0.15) is 17.3 Å². The molecule has 0 aliphatic carbocycles. The number of hydrogen-bond donors (Lipinski definition) is 2. The quantitative estimate of drug-likeness (QED) is 0.573. The smallest absolute Gasteiger partial charge is 0.351 e. The van der Waals surface area contributed by atoms with Crippen molar-refractivity contribution >= 4 is 17.6 Å². The Morgan fingerprint density at radius 3 is 2.48 bits per heavy atom. The van der Waals surface area contributed by atoms with E-state index in [1.807, 2.05) is 0 Å². The number of urea groups is 1. The van der Waals surface area contributed by atoms with Crippen molar-refractivity contribution in [1.82, 2.24) is 14.7 Å². The molecule has 3 aromatic rings. The van der Waals surface area contributed by atoms with Gasteiger partial charge in [0.25, 0.3) is 5.91 Å². The molecule has 0 saturated heterocycles. The van der Waals surface area contributed by atoms with Crippen LogP contribution in [0.5, 0.6) is 0 Å². The molecule has 1 aliphatic heterocycles. The number of carbonyl (C=O) groups excluding carboxylic acids is 2. The van der Waals surface area contributed by atoms with Crippen molar-refractivity contribution < 1.29 is 31.5 Å². The third-order valence-electron chi connectivity index (χ3n) is 5.16. The van der Waals surface area contributed by atoms with Crippen molar-refractivity contribution in [3.63, 3.8) is 0 Å². The number of aromatic nitrogens is 2. The monoisotopic (exact) mass is 465 g/mol. The van der Waals surface area contributed by atoms with Gasteiger partial charge >= 0.3 is 12.2 Å². The number of rotatable bonds is 3. The van der Waals surface area contributed by atoms with Crippen molar-refractivity contribution in [2.24, 2.45) is 5.73 Å². The maximum Gasteiger partial charge on any atom is 0.416 e. The van der Waals surface area contributed by atoms with Crippen molar-refractivity contribution in [3.8, 4) is 11.3 Å². The average Bonchev–Trinajstić information content (AvgIpc) is 3.13. The Labute approximate surface area is 183 Å². The summed E-state index contributed by atoms with van der Waals surface area (Å²) in [6, 6.07) is 6.07. The van der Waals surface area contributed by atoms with Gasteiger partial charge in [0.15, 0.2) is 0 Å². The topological polar surface area (TPSA) is 93.2 Å². The van der Waals surface area contributed by atoms with E-state index >= 15 is 0 Å². The highest BCUT2D eigenvalue weighted by molar-refractivity contribution is 6.09. The van der Waals surface area contributed by atoms with Gasteiger partial charge in [-0.25, -0.2) is 13.6 Å². The maximum absolute atomic E-state index is 14.2. The molecule has 7 nitrogen and oxygen atoms in total. The van der Waals surface area contributed by atoms with Crippen molar-refractivity contribution in [2.75, 3.05) is 11.9 Å². The van der Waals surface area contributed by atoms with Crippen LogP contribution in [0.25, 0.3) is 11.3 Å². The van der Waals surface area contributed by atoms with E-state index in [4.69, 9.17) is 5.73 Å². The van der Waals surface area contributed by atoms with Crippen LogP contribution >= 0.6 is 0 Å². The molecule has 0 saturated carbocycles. The Morgan fingerprint density at radius 1 is 1.06 bits per heavy atom. The normalized spacial score (nSPS) is 13.5. The van der Waals surface area contributed by atoms with E-state index in [0.717, 1.165) is 6.07 Å². The standard InChI is InChI=1S/C21H16F5N5O2/c22-13-3-1-2-11(8-13)18-17(16-10-30(20(27)33)6-7-31(16)29-18)19(32)28-15-9-12(21(24,25)26)4-5-14(15)23/h1-5,8-9H,6-7,10H2,(H2,27,33)(H,28,32). The predicted molar refractivity (Wildman–Crippen MR) is 107 cm³/mol. The molecule has 1 aliphatic rings. The lowest BCUT2D eigenvalue weighted by Crippen LogP contribution is -2.42. The van der Waals surface area contributed by atoms with Gasteiger partial charge in [-0.2, -0.15) is 18.3 Å². The van der Waals surface area contributed by atoms with E-state index in [-0.39, 0.29) is 42.1 Å². The van der Waals surface area contributed by atoms with Gasteiger partial charge < -0.3 is 16.0 Å². The molecule has 2 heterocycles. The van der Waals surface area contributed by atoms with Crippen LogP contribution in [0.15, 0.2) is 42.5 Å². The fourth-order valence-electron chi connectivity index (χ4n) is 3.56. The summed E-state index contributed by atoms with van der Waals surface area (Å²) in [6.07, 6.45) is -4.75. The van der Waals surface area contributed by atoms with E-state index in [9.17, 15) is 31.5 Å². The molecule has 0 radical (unpaired) electrons. The Hall–Kier alpha value is -3.96. The molecule has 12 heteroatoms. The number of nitrogens with two attached hydrogens (primary N) is 1. The molecule has 0 bridgehead atoms. The second-order valence-electron chi connectivity index (χ2n) is 7.31. The van der Waals surface area contributed by atoms with Crippen LogP contribution < -0.4 is 11.1 Å². The summed E-state index contributed by atoms with van der Waals surface area (Å²) in [5, 5.41) is 6.48. The summed E-state index contributed by atoms with van der Waals surface area (Å²) >= 11 is 0. The zero-order valence-electron chi connectivity index (χ0n) is 16.8. The second kappa shape index (κ2) is 8.19. The fourth-order valence-corrected chi connectivity index (χ4v) is 3.56. The van der Waals surface area contributed by atoms with E-state index in [1.165, 1.54) is 27.8 Å². The van der Waals surface area contributed by atoms with Gasteiger partial charge in [0.2, 0.25) is 0 Å². The Morgan fingerprint density at radius 2 is 1.82 bits per heavy atom. The molecule has 2 aromatic carbocycles. The first kappa shape index (κ1) is 22.2. The van der Waals surface area contributed by atoms with Crippen LogP contribution in [-0.2, 0) is 19.3 Å². The molecule has 33 heavy (non-hydrogen) atoms. The van der Waals surface area contributed by atoms with Crippen molar-refractivity contribution in [1.29, 1.82) is 0 Å². The number of fused-ring (bicyclic) bond motifs is 1. The van der Waals surface area contributed by atoms with Crippen LogP contribution in [-0.4, -0.2) is 33.2 Å². The average molecular weight is 465 g/mol. The third kappa shape index (κ3) is 4.36. The molecule has 0 spiro atoms. The molecule has 172 valence electrons. The molecule has 0 unspecified atom stereocenters.